The van der Waals surface area contributed by atoms with Gasteiger partial charge in [0.15, 0.2) is 0 Å². The van der Waals surface area contributed by atoms with Crippen molar-refractivity contribution in [2.75, 3.05) is 39.3 Å². The van der Waals surface area contributed by atoms with E-state index in [1.807, 2.05) is 43.8 Å². The van der Waals surface area contributed by atoms with Crippen LogP contribution < -0.4 is 14.8 Å². The molecule has 0 spiro atoms. The fourth-order valence-electron chi connectivity index (χ4n) is 4.03. The van der Waals surface area contributed by atoms with Crippen LogP contribution in [-0.4, -0.2) is 61.9 Å². The quantitative estimate of drug-likeness (QED) is 0.103. The van der Waals surface area contributed by atoms with E-state index in [9.17, 15) is 5.11 Å². The molecule has 1 aromatic rings. The third kappa shape index (κ3) is 14.0. The number of benzene rings is 1. The second kappa shape index (κ2) is 20.2. The van der Waals surface area contributed by atoms with Crippen LogP contribution in [0.1, 0.15) is 65.0 Å². The lowest BCUT2D eigenvalue weighted by molar-refractivity contribution is 0.0243. The minimum Gasteiger partial charge on any atom is -0.501 e. The van der Waals surface area contributed by atoms with Crippen LogP contribution >= 0.6 is 24.4 Å². The maximum absolute atomic E-state index is 10.6. The number of hydrogen-bond donors (Lipinski definition) is 3. The van der Waals surface area contributed by atoms with Gasteiger partial charge in [-0.25, -0.2) is 0 Å². The number of allylic oxidation sites excluding steroid dienone is 3. The van der Waals surface area contributed by atoms with Crippen LogP contribution in [-0.2, 0) is 11.2 Å². The summed E-state index contributed by atoms with van der Waals surface area (Å²) in [7, 11) is 3.36. The Morgan fingerprint density at radius 1 is 1.38 bits per heavy atom. The number of nitrogens with one attached hydrogen (secondary N) is 1. The van der Waals surface area contributed by atoms with Crippen molar-refractivity contribution in [1.82, 2.24) is 5.32 Å². The van der Waals surface area contributed by atoms with Gasteiger partial charge in [0, 0.05) is 18.3 Å². The first kappa shape index (κ1) is 37.3. The van der Waals surface area contributed by atoms with Gasteiger partial charge < -0.3 is 24.6 Å². The number of terminal acetylenes is 1. The number of aryl methyl sites for hydroxylation is 2. The summed E-state index contributed by atoms with van der Waals surface area (Å²) >= 11 is 6.32. The molecule has 5 nitrogen and oxygen atoms in total. The number of hydrogen-bond acceptors (Lipinski definition) is 7. The molecule has 0 radical (unpaired) electrons. The van der Waals surface area contributed by atoms with E-state index in [1.165, 1.54) is 0 Å². The molecule has 0 aromatic heterocycles. The fourth-order valence-corrected chi connectivity index (χ4v) is 5.38. The van der Waals surface area contributed by atoms with Crippen LogP contribution in [0.15, 0.2) is 36.1 Å². The van der Waals surface area contributed by atoms with E-state index in [2.05, 4.69) is 63.9 Å². The smallest absolute Gasteiger partial charge is 0.126 e. The van der Waals surface area contributed by atoms with E-state index in [1.54, 1.807) is 21.1 Å². The highest BCUT2D eigenvalue weighted by molar-refractivity contribution is 7.99. The van der Waals surface area contributed by atoms with Crippen molar-refractivity contribution in [2.45, 2.75) is 84.7 Å². The topological polar surface area (TPSA) is 60.0 Å². The summed E-state index contributed by atoms with van der Waals surface area (Å²) in [6.07, 6.45) is 11.9. The SMILES string of the molecule is C#CC.C=C(/C=C(\C)OC)CCC.COc1cc2c(cc1C)OC(C(O)CNCC(SC)C(C)(C)CS)CC2. The van der Waals surface area contributed by atoms with Gasteiger partial charge in [0.2, 0.25) is 0 Å². The number of aliphatic hydroxyl groups excluding tert-OH is 1. The zero-order valence-electron chi connectivity index (χ0n) is 25.7. The zero-order valence-corrected chi connectivity index (χ0v) is 27.4. The largest absolute Gasteiger partial charge is 0.501 e. The highest BCUT2D eigenvalue weighted by Crippen LogP contribution is 2.34. The van der Waals surface area contributed by atoms with Crippen molar-refractivity contribution in [3.63, 3.8) is 0 Å². The first-order valence-corrected chi connectivity index (χ1v) is 15.5. The fraction of sp³-hybridized carbons (Fsp3) is 0.625. The summed E-state index contributed by atoms with van der Waals surface area (Å²) in [6.45, 7) is 17.5. The highest BCUT2D eigenvalue weighted by Gasteiger charge is 2.29. The minimum atomic E-state index is -0.521. The van der Waals surface area contributed by atoms with Crippen molar-refractivity contribution < 1.29 is 19.3 Å². The molecule has 222 valence electrons. The predicted octanol–water partition coefficient (Wildman–Crippen LogP) is 6.87. The van der Waals surface area contributed by atoms with Crippen molar-refractivity contribution in [3.8, 4) is 23.8 Å². The molecule has 7 heteroatoms. The molecule has 0 saturated heterocycles. The van der Waals surface area contributed by atoms with Gasteiger partial charge in [-0.2, -0.15) is 24.4 Å². The molecule has 3 atom stereocenters. The van der Waals surface area contributed by atoms with Gasteiger partial charge in [0.1, 0.15) is 23.7 Å². The van der Waals surface area contributed by atoms with Crippen LogP contribution in [0.4, 0.5) is 0 Å². The third-order valence-electron chi connectivity index (χ3n) is 6.53. The second-order valence-corrected chi connectivity index (χ2v) is 11.7. The number of methoxy groups -OCH3 is 2. The Hall–Kier alpha value is -1.72. The summed E-state index contributed by atoms with van der Waals surface area (Å²) in [6, 6.07) is 4.06. The molecule has 1 aliphatic rings. The first-order valence-electron chi connectivity index (χ1n) is 13.6. The van der Waals surface area contributed by atoms with Gasteiger partial charge in [-0.15, -0.1) is 12.3 Å². The van der Waals surface area contributed by atoms with Gasteiger partial charge in [0.25, 0.3) is 0 Å². The molecule has 1 aromatic carbocycles. The molecule has 0 bridgehead atoms. The monoisotopic (exact) mass is 579 g/mol. The summed E-state index contributed by atoms with van der Waals surface area (Å²) in [5, 5.41) is 14.5. The molecule has 0 saturated carbocycles. The lowest BCUT2D eigenvalue weighted by Crippen LogP contribution is -2.45. The van der Waals surface area contributed by atoms with Gasteiger partial charge in [-0.3, -0.25) is 0 Å². The van der Waals surface area contributed by atoms with E-state index >= 15 is 0 Å². The predicted molar refractivity (Wildman–Crippen MR) is 174 cm³/mol. The molecule has 3 unspecified atom stereocenters. The summed E-state index contributed by atoms with van der Waals surface area (Å²) < 4.78 is 16.4. The van der Waals surface area contributed by atoms with Crippen molar-refractivity contribution >= 4 is 24.4 Å². The van der Waals surface area contributed by atoms with E-state index in [4.69, 9.17) is 14.2 Å². The standard InChI is InChI=1S/C20H33NO3S2.C9H16O.C3H4/c1-13-8-18-14(9-17(13)23-4)6-7-16(24-18)15(22)10-21-11-19(26-5)20(2,3)12-25;1-5-6-8(2)7-9(3)10-4;1-3-2/h8-9,15-16,19,21-22,25H,6-7,10-12H2,1-5H3;7H,2,5-6H2,1,3-4H3;1H,2H3/b;9-7+;. The van der Waals surface area contributed by atoms with Crippen LogP contribution in [0.5, 0.6) is 11.5 Å². The Labute approximate surface area is 249 Å². The Bertz CT molecular complexity index is 923. The molecule has 0 amide bonds. The number of fused-ring (bicyclic) bond motifs is 1. The Morgan fingerprint density at radius 2 is 2.03 bits per heavy atom. The zero-order chi connectivity index (χ0) is 30.0. The van der Waals surface area contributed by atoms with E-state index in [0.717, 1.165) is 71.9 Å². The van der Waals surface area contributed by atoms with Crippen molar-refractivity contribution in [2.24, 2.45) is 5.41 Å². The van der Waals surface area contributed by atoms with Crippen LogP contribution in [0.2, 0.25) is 0 Å². The lowest BCUT2D eigenvalue weighted by Gasteiger charge is -2.33. The number of thioether (sulfide) groups is 1. The Morgan fingerprint density at radius 3 is 2.54 bits per heavy atom. The van der Waals surface area contributed by atoms with E-state index in [0.29, 0.717) is 11.8 Å². The molecule has 0 aliphatic carbocycles. The van der Waals surface area contributed by atoms with Gasteiger partial charge in [-0.05, 0) is 86.8 Å². The Kier molecular flexibility index (Phi) is 19.3. The molecular formula is C32H53NO4S2. The van der Waals surface area contributed by atoms with E-state index < -0.39 is 6.10 Å². The van der Waals surface area contributed by atoms with Crippen LogP contribution in [0.3, 0.4) is 0 Å². The second-order valence-electron chi connectivity index (χ2n) is 10.4. The van der Waals surface area contributed by atoms with E-state index in [-0.39, 0.29) is 11.5 Å². The Balaban J connectivity index is 0.000000928. The molecular weight excluding hydrogens is 526 g/mol. The number of ether oxygens (including phenoxy) is 3. The number of aliphatic hydroxyl groups is 1. The molecule has 2 N–H and O–H groups in total. The first-order chi connectivity index (χ1) is 18.4. The van der Waals surface area contributed by atoms with Crippen molar-refractivity contribution in [1.29, 1.82) is 0 Å². The van der Waals surface area contributed by atoms with Crippen molar-refractivity contribution in [3.05, 3.63) is 47.2 Å². The maximum Gasteiger partial charge on any atom is 0.126 e. The highest BCUT2D eigenvalue weighted by atomic mass is 32.2. The molecule has 1 aliphatic heterocycles. The summed E-state index contributed by atoms with van der Waals surface area (Å²) in [5.41, 5.74) is 3.50. The van der Waals surface area contributed by atoms with Gasteiger partial charge in [-0.1, -0.05) is 39.3 Å². The normalized spacial score (nSPS) is 16.1. The minimum absolute atomic E-state index is 0.150. The average Bonchev–Trinajstić information content (AvgIpc) is 2.90. The number of rotatable bonds is 13. The van der Waals surface area contributed by atoms with Crippen LogP contribution in [0.25, 0.3) is 0 Å². The average molecular weight is 580 g/mol. The molecule has 2 rings (SSSR count). The van der Waals surface area contributed by atoms with Gasteiger partial charge >= 0.3 is 0 Å². The number of thiol groups is 1. The van der Waals surface area contributed by atoms with Gasteiger partial charge in [0.05, 0.1) is 20.0 Å². The summed E-state index contributed by atoms with van der Waals surface area (Å²) in [4.78, 5) is 0. The third-order valence-corrected chi connectivity index (χ3v) is 8.72. The molecule has 0 fully saturated rings. The maximum atomic E-state index is 10.6. The summed E-state index contributed by atoms with van der Waals surface area (Å²) in [5.74, 6) is 5.78. The lowest BCUT2D eigenvalue weighted by atomic mass is 9.91. The molecule has 39 heavy (non-hydrogen) atoms. The molecule has 1 heterocycles. The van der Waals surface area contributed by atoms with Crippen LogP contribution in [0, 0.1) is 24.7 Å².